The molecule has 1 saturated carbocycles. The third-order valence-corrected chi connectivity index (χ3v) is 3.05. The predicted octanol–water partition coefficient (Wildman–Crippen LogP) is 1.75. The molecule has 0 aliphatic heterocycles. The fourth-order valence-electron chi connectivity index (χ4n) is 1.65. The van der Waals surface area contributed by atoms with Gasteiger partial charge in [-0.25, -0.2) is 4.39 Å². The molecule has 0 aromatic heterocycles. The molecule has 15 heavy (non-hydrogen) atoms. The number of rotatable bonds is 4. The van der Waals surface area contributed by atoms with Gasteiger partial charge in [0.1, 0.15) is 5.82 Å². The van der Waals surface area contributed by atoms with Crippen molar-refractivity contribution in [3.63, 3.8) is 0 Å². The minimum atomic E-state index is -0.165. The normalized spacial score (nSPS) is 17.8. The first-order valence-electron chi connectivity index (χ1n) is 5.26. The molecule has 0 unspecified atom stereocenters. The molecule has 0 amide bonds. The largest absolute Gasteiger partial charge is 0.394 e. The first-order chi connectivity index (χ1) is 7.15. The first kappa shape index (κ1) is 10.6. The number of aliphatic hydroxyl groups excluding tert-OH is 1. The molecule has 1 aliphatic rings. The maximum Gasteiger partial charge on any atom is 0.126 e. The SMILES string of the molecule is Cc1cc(CNC2(CO)CC2)ccc1F. The lowest BCUT2D eigenvalue weighted by atomic mass is 10.1. The first-order valence-corrected chi connectivity index (χ1v) is 5.26. The Hall–Kier alpha value is -0.930. The average Bonchev–Trinajstić information content (AvgIpc) is 3.01. The summed E-state index contributed by atoms with van der Waals surface area (Å²) in [5.74, 6) is -0.165. The molecule has 0 bridgehead atoms. The molecule has 0 atom stereocenters. The molecule has 0 heterocycles. The summed E-state index contributed by atoms with van der Waals surface area (Å²) in [6.45, 7) is 2.65. The van der Waals surface area contributed by atoms with Gasteiger partial charge < -0.3 is 10.4 Å². The second-order valence-corrected chi connectivity index (χ2v) is 4.38. The summed E-state index contributed by atoms with van der Waals surface area (Å²) in [7, 11) is 0. The van der Waals surface area contributed by atoms with Gasteiger partial charge >= 0.3 is 0 Å². The molecule has 1 aliphatic carbocycles. The van der Waals surface area contributed by atoms with Gasteiger partial charge in [-0.1, -0.05) is 12.1 Å². The zero-order valence-electron chi connectivity index (χ0n) is 8.89. The maximum atomic E-state index is 13.0. The lowest BCUT2D eigenvalue weighted by molar-refractivity contribution is 0.229. The Morgan fingerprint density at radius 3 is 2.73 bits per heavy atom. The summed E-state index contributed by atoms with van der Waals surface area (Å²) < 4.78 is 13.0. The van der Waals surface area contributed by atoms with Crippen LogP contribution in [0.15, 0.2) is 18.2 Å². The highest BCUT2D eigenvalue weighted by Gasteiger charge is 2.41. The summed E-state index contributed by atoms with van der Waals surface area (Å²) in [4.78, 5) is 0. The van der Waals surface area contributed by atoms with E-state index in [9.17, 15) is 4.39 Å². The van der Waals surface area contributed by atoms with E-state index in [0.29, 0.717) is 12.1 Å². The Labute approximate surface area is 89.1 Å². The molecule has 1 fully saturated rings. The van der Waals surface area contributed by atoms with Crippen molar-refractivity contribution in [2.24, 2.45) is 0 Å². The van der Waals surface area contributed by atoms with E-state index in [2.05, 4.69) is 5.32 Å². The van der Waals surface area contributed by atoms with Crippen LogP contribution in [0.3, 0.4) is 0 Å². The van der Waals surface area contributed by atoms with Crippen LogP contribution in [0.1, 0.15) is 24.0 Å². The smallest absolute Gasteiger partial charge is 0.126 e. The summed E-state index contributed by atoms with van der Waals surface area (Å²) in [6.07, 6.45) is 2.06. The van der Waals surface area contributed by atoms with Gasteiger partial charge in [0, 0.05) is 12.1 Å². The molecular formula is C12H16FNO. The number of nitrogens with one attached hydrogen (secondary N) is 1. The van der Waals surface area contributed by atoms with Gasteiger partial charge in [0.25, 0.3) is 0 Å². The van der Waals surface area contributed by atoms with Crippen LogP contribution in [0.25, 0.3) is 0 Å². The molecule has 0 spiro atoms. The fourth-order valence-corrected chi connectivity index (χ4v) is 1.65. The standard InChI is InChI=1S/C12H16FNO/c1-9-6-10(2-3-11(9)13)7-14-12(8-15)4-5-12/h2-3,6,14-15H,4-5,7-8H2,1H3. The van der Waals surface area contributed by atoms with Crippen LogP contribution < -0.4 is 5.32 Å². The van der Waals surface area contributed by atoms with Crippen molar-refractivity contribution in [2.75, 3.05) is 6.61 Å². The van der Waals surface area contributed by atoms with Gasteiger partial charge in [0.15, 0.2) is 0 Å². The van der Waals surface area contributed by atoms with Crippen molar-refractivity contribution in [2.45, 2.75) is 31.8 Å². The van der Waals surface area contributed by atoms with Crippen molar-refractivity contribution < 1.29 is 9.50 Å². The van der Waals surface area contributed by atoms with E-state index in [4.69, 9.17) is 5.11 Å². The lowest BCUT2D eigenvalue weighted by Gasteiger charge is -2.14. The van der Waals surface area contributed by atoms with Gasteiger partial charge in [0.05, 0.1) is 6.61 Å². The Balaban J connectivity index is 1.96. The monoisotopic (exact) mass is 209 g/mol. The van der Waals surface area contributed by atoms with E-state index in [0.717, 1.165) is 18.4 Å². The summed E-state index contributed by atoms with van der Waals surface area (Å²) >= 11 is 0. The predicted molar refractivity (Wildman–Crippen MR) is 57.0 cm³/mol. The number of aryl methyl sites for hydroxylation is 1. The lowest BCUT2D eigenvalue weighted by Crippen LogP contribution is -2.34. The van der Waals surface area contributed by atoms with Crippen molar-refractivity contribution in [3.8, 4) is 0 Å². The molecule has 82 valence electrons. The Bertz CT molecular complexity index is 361. The van der Waals surface area contributed by atoms with Gasteiger partial charge in [-0.15, -0.1) is 0 Å². The van der Waals surface area contributed by atoms with Gasteiger partial charge in [0.2, 0.25) is 0 Å². The highest BCUT2D eigenvalue weighted by molar-refractivity contribution is 5.24. The van der Waals surface area contributed by atoms with Gasteiger partial charge in [-0.3, -0.25) is 0 Å². The van der Waals surface area contributed by atoms with Crippen LogP contribution in [0, 0.1) is 12.7 Å². The number of aliphatic hydroxyl groups is 1. The number of hydrogen-bond donors (Lipinski definition) is 2. The molecule has 2 nitrogen and oxygen atoms in total. The van der Waals surface area contributed by atoms with Crippen molar-refractivity contribution in [3.05, 3.63) is 35.1 Å². The molecule has 2 N–H and O–H groups in total. The van der Waals surface area contributed by atoms with Crippen molar-refractivity contribution in [1.29, 1.82) is 0 Å². The quantitative estimate of drug-likeness (QED) is 0.791. The molecule has 1 aromatic carbocycles. The number of halogens is 1. The molecule has 2 rings (SSSR count). The average molecular weight is 209 g/mol. The van der Waals surface area contributed by atoms with Gasteiger partial charge in [-0.05, 0) is 37.0 Å². The summed E-state index contributed by atoms with van der Waals surface area (Å²) in [6, 6.07) is 5.11. The highest BCUT2D eigenvalue weighted by atomic mass is 19.1. The van der Waals surface area contributed by atoms with Gasteiger partial charge in [-0.2, -0.15) is 0 Å². The number of hydrogen-bond acceptors (Lipinski definition) is 2. The molecule has 3 heteroatoms. The topological polar surface area (TPSA) is 32.3 Å². The fraction of sp³-hybridized carbons (Fsp3) is 0.500. The van der Waals surface area contributed by atoms with E-state index in [-0.39, 0.29) is 18.0 Å². The Kier molecular flexibility index (Phi) is 2.76. The zero-order valence-corrected chi connectivity index (χ0v) is 8.89. The van der Waals surface area contributed by atoms with E-state index in [1.807, 2.05) is 6.07 Å². The van der Waals surface area contributed by atoms with E-state index in [1.54, 1.807) is 13.0 Å². The third kappa shape index (κ3) is 2.36. The van der Waals surface area contributed by atoms with Crippen molar-refractivity contribution in [1.82, 2.24) is 5.32 Å². The minimum absolute atomic E-state index is 0.0533. The van der Waals surface area contributed by atoms with Crippen LogP contribution in [-0.4, -0.2) is 17.3 Å². The van der Waals surface area contributed by atoms with E-state index in [1.165, 1.54) is 6.07 Å². The summed E-state index contributed by atoms with van der Waals surface area (Å²) in [5.41, 5.74) is 1.68. The van der Waals surface area contributed by atoms with Crippen LogP contribution in [0.2, 0.25) is 0 Å². The van der Waals surface area contributed by atoms with Crippen LogP contribution in [0.4, 0.5) is 4.39 Å². The molecule has 0 saturated heterocycles. The van der Waals surface area contributed by atoms with Crippen LogP contribution in [-0.2, 0) is 6.54 Å². The minimum Gasteiger partial charge on any atom is -0.394 e. The Morgan fingerprint density at radius 2 is 2.20 bits per heavy atom. The number of benzene rings is 1. The molecular weight excluding hydrogens is 193 g/mol. The Morgan fingerprint density at radius 1 is 1.47 bits per heavy atom. The second-order valence-electron chi connectivity index (χ2n) is 4.38. The van der Waals surface area contributed by atoms with E-state index < -0.39 is 0 Å². The van der Waals surface area contributed by atoms with Crippen molar-refractivity contribution >= 4 is 0 Å². The molecule has 0 radical (unpaired) electrons. The summed E-state index contributed by atoms with van der Waals surface area (Å²) in [5, 5.41) is 12.4. The third-order valence-electron chi connectivity index (χ3n) is 3.05. The van der Waals surface area contributed by atoms with Crippen LogP contribution in [0.5, 0.6) is 0 Å². The zero-order chi connectivity index (χ0) is 10.9. The maximum absolute atomic E-state index is 13.0. The highest BCUT2D eigenvalue weighted by Crippen LogP contribution is 2.34. The molecule has 1 aromatic rings. The second kappa shape index (κ2) is 3.91. The van der Waals surface area contributed by atoms with E-state index >= 15 is 0 Å². The van der Waals surface area contributed by atoms with Crippen LogP contribution >= 0.6 is 0 Å².